The lowest BCUT2D eigenvalue weighted by molar-refractivity contribution is -0.143. The molecule has 0 unspecified atom stereocenters. The zero-order valence-corrected chi connectivity index (χ0v) is 14.0. The Morgan fingerprint density at radius 1 is 1.04 bits per heavy atom. The molecule has 132 valence electrons. The monoisotopic (exact) mass is 342 g/mol. The first-order valence-corrected chi connectivity index (χ1v) is 8.02. The van der Waals surface area contributed by atoms with Gasteiger partial charge in [0.2, 0.25) is 12.3 Å². The van der Waals surface area contributed by atoms with E-state index in [-0.39, 0.29) is 18.9 Å². The first-order valence-electron chi connectivity index (χ1n) is 8.02. The Labute approximate surface area is 146 Å². The molecule has 0 fully saturated rings. The number of rotatable bonds is 9. The Bertz CT molecular complexity index is 676. The molecule has 0 aliphatic heterocycles. The van der Waals surface area contributed by atoms with Gasteiger partial charge in [-0.3, -0.25) is 14.9 Å². The van der Waals surface area contributed by atoms with Crippen molar-refractivity contribution in [3.05, 3.63) is 71.8 Å². The number of hydrogen-bond donors (Lipinski definition) is 3. The fraction of sp³-hybridized carbons (Fsp3) is 0.263. The van der Waals surface area contributed by atoms with E-state index >= 15 is 0 Å². The van der Waals surface area contributed by atoms with Gasteiger partial charge in [0.1, 0.15) is 0 Å². The highest BCUT2D eigenvalue weighted by Crippen LogP contribution is 2.02. The number of amides is 1. The average molecular weight is 342 g/mol. The van der Waals surface area contributed by atoms with Crippen molar-refractivity contribution in [2.24, 2.45) is 0 Å². The summed E-state index contributed by atoms with van der Waals surface area (Å²) in [5, 5.41) is 15.0. The maximum Gasteiger partial charge on any atom is 0.237 e. The topological polar surface area (TPSA) is 87.7 Å². The molecule has 0 spiro atoms. The summed E-state index contributed by atoms with van der Waals surface area (Å²) < 4.78 is 5.24. The van der Waals surface area contributed by atoms with Crippen molar-refractivity contribution in [1.29, 1.82) is 0 Å². The smallest absolute Gasteiger partial charge is 0.237 e. The number of ketones is 1. The molecule has 0 saturated carbocycles. The van der Waals surface area contributed by atoms with E-state index in [9.17, 15) is 14.7 Å². The van der Waals surface area contributed by atoms with Gasteiger partial charge >= 0.3 is 0 Å². The van der Waals surface area contributed by atoms with Crippen LogP contribution in [-0.2, 0) is 16.1 Å². The maximum atomic E-state index is 12.0. The van der Waals surface area contributed by atoms with Crippen LogP contribution in [-0.4, -0.2) is 35.8 Å². The molecule has 2 aromatic rings. The third kappa shape index (κ3) is 6.46. The van der Waals surface area contributed by atoms with E-state index in [0.717, 1.165) is 5.56 Å². The second-order valence-corrected chi connectivity index (χ2v) is 5.54. The van der Waals surface area contributed by atoms with Crippen molar-refractivity contribution in [3.8, 4) is 0 Å². The number of nitrogens with one attached hydrogen (secondary N) is 2. The van der Waals surface area contributed by atoms with Gasteiger partial charge in [-0.25, -0.2) is 0 Å². The molecular formula is C19H22N2O4. The van der Waals surface area contributed by atoms with Crippen LogP contribution in [0, 0.1) is 0 Å². The minimum absolute atomic E-state index is 0.101. The van der Waals surface area contributed by atoms with Crippen molar-refractivity contribution >= 4 is 11.7 Å². The lowest BCUT2D eigenvalue weighted by Crippen LogP contribution is -2.48. The quantitative estimate of drug-likeness (QED) is 0.474. The Kier molecular flexibility index (Phi) is 7.28. The molecule has 0 aromatic heterocycles. The molecule has 25 heavy (non-hydrogen) atoms. The Morgan fingerprint density at radius 3 is 2.28 bits per heavy atom. The van der Waals surface area contributed by atoms with Crippen LogP contribution in [0.4, 0.5) is 0 Å². The number of benzene rings is 2. The molecule has 1 amide bonds. The van der Waals surface area contributed by atoms with Crippen LogP contribution in [0.25, 0.3) is 0 Å². The number of Topliss-reactive ketones (excluding diaryl/α,β-unsaturated/α-hetero) is 1. The van der Waals surface area contributed by atoms with Gasteiger partial charge in [-0.15, -0.1) is 0 Å². The summed E-state index contributed by atoms with van der Waals surface area (Å²) in [4.78, 5) is 23.9. The molecule has 0 bridgehead atoms. The third-order valence-electron chi connectivity index (χ3n) is 3.56. The first-order chi connectivity index (χ1) is 12.1. The lowest BCUT2D eigenvalue weighted by Gasteiger charge is -2.19. The zero-order valence-electron chi connectivity index (χ0n) is 14.0. The standard InChI is InChI=1S/C19H22N2O4/c1-14(21-19(24)25-13-15-8-4-2-5-9-15)18(23)20-12-17(22)16-10-6-3-7-11-16/h2-11,14,19,21,24H,12-13H2,1H3,(H,20,23)/t14-,19-/m0/s1. The number of carbonyl (C=O) groups excluding carboxylic acids is 2. The van der Waals surface area contributed by atoms with Crippen LogP contribution in [0.2, 0.25) is 0 Å². The Hall–Kier alpha value is -2.54. The highest BCUT2D eigenvalue weighted by atomic mass is 16.6. The highest BCUT2D eigenvalue weighted by molar-refractivity contribution is 5.99. The predicted molar refractivity (Wildman–Crippen MR) is 93.6 cm³/mol. The van der Waals surface area contributed by atoms with E-state index in [2.05, 4.69) is 10.6 Å². The fourth-order valence-corrected chi connectivity index (χ4v) is 2.13. The van der Waals surface area contributed by atoms with Crippen molar-refractivity contribution in [2.45, 2.75) is 26.0 Å². The fourth-order valence-electron chi connectivity index (χ4n) is 2.13. The van der Waals surface area contributed by atoms with Crippen LogP contribution >= 0.6 is 0 Å². The molecule has 2 rings (SSSR count). The number of carbonyl (C=O) groups is 2. The second-order valence-electron chi connectivity index (χ2n) is 5.54. The first kappa shape index (κ1) is 18.8. The molecule has 0 radical (unpaired) electrons. The molecule has 2 atom stereocenters. The highest BCUT2D eigenvalue weighted by Gasteiger charge is 2.17. The van der Waals surface area contributed by atoms with Crippen LogP contribution in [0.5, 0.6) is 0 Å². The molecule has 0 aliphatic rings. The van der Waals surface area contributed by atoms with Gasteiger partial charge in [-0.2, -0.15) is 0 Å². The average Bonchev–Trinajstić information content (AvgIpc) is 2.65. The van der Waals surface area contributed by atoms with Gasteiger partial charge in [0.25, 0.3) is 0 Å². The van der Waals surface area contributed by atoms with Crippen molar-refractivity contribution < 1.29 is 19.4 Å². The van der Waals surface area contributed by atoms with Gasteiger partial charge in [-0.05, 0) is 12.5 Å². The van der Waals surface area contributed by atoms with Gasteiger partial charge in [-0.1, -0.05) is 60.7 Å². The predicted octanol–water partition coefficient (Wildman–Crippen LogP) is 1.46. The summed E-state index contributed by atoms with van der Waals surface area (Å²) in [6, 6.07) is 17.4. The third-order valence-corrected chi connectivity index (χ3v) is 3.56. The summed E-state index contributed by atoms with van der Waals surface area (Å²) in [7, 11) is 0. The van der Waals surface area contributed by atoms with Crippen molar-refractivity contribution in [2.75, 3.05) is 6.54 Å². The summed E-state index contributed by atoms with van der Waals surface area (Å²) in [6.45, 7) is 1.70. The largest absolute Gasteiger partial charge is 0.356 e. The van der Waals surface area contributed by atoms with Gasteiger partial charge < -0.3 is 15.2 Å². The van der Waals surface area contributed by atoms with Gasteiger partial charge in [0, 0.05) is 5.56 Å². The maximum absolute atomic E-state index is 12.0. The van der Waals surface area contributed by atoms with E-state index in [1.54, 1.807) is 31.2 Å². The number of aliphatic hydroxyl groups excluding tert-OH is 1. The Balaban J connectivity index is 1.71. The zero-order chi connectivity index (χ0) is 18.1. The number of hydrogen-bond acceptors (Lipinski definition) is 5. The molecule has 0 heterocycles. The molecule has 6 heteroatoms. The van der Waals surface area contributed by atoms with E-state index in [1.807, 2.05) is 36.4 Å². The van der Waals surface area contributed by atoms with E-state index in [4.69, 9.17) is 4.74 Å². The minimum Gasteiger partial charge on any atom is -0.356 e. The van der Waals surface area contributed by atoms with E-state index < -0.39 is 18.4 Å². The van der Waals surface area contributed by atoms with Crippen molar-refractivity contribution in [1.82, 2.24) is 10.6 Å². The van der Waals surface area contributed by atoms with Crippen molar-refractivity contribution in [3.63, 3.8) is 0 Å². The van der Waals surface area contributed by atoms with Crippen LogP contribution in [0.1, 0.15) is 22.8 Å². The summed E-state index contributed by atoms with van der Waals surface area (Å²) in [5.74, 6) is -0.575. The molecule has 0 aliphatic carbocycles. The number of ether oxygens (including phenoxy) is 1. The Morgan fingerprint density at radius 2 is 1.64 bits per heavy atom. The summed E-state index contributed by atoms with van der Waals surface area (Å²) in [5.41, 5.74) is 1.45. The molecular weight excluding hydrogens is 320 g/mol. The number of aliphatic hydroxyl groups is 1. The van der Waals surface area contributed by atoms with E-state index in [1.165, 1.54) is 0 Å². The molecule has 0 saturated heterocycles. The van der Waals surface area contributed by atoms with E-state index in [0.29, 0.717) is 5.56 Å². The normalized spacial score (nSPS) is 13.0. The van der Waals surface area contributed by atoms with Gasteiger partial charge in [0.05, 0.1) is 19.2 Å². The van der Waals surface area contributed by atoms with Crippen LogP contribution in [0.3, 0.4) is 0 Å². The SMILES string of the molecule is C[C@H](N[C@@H](O)OCc1ccccc1)C(=O)NCC(=O)c1ccccc1. The lowest BCUT2D eigenvalue weighted by atomic mass is 10.1. The molecule has 2 aromatic carbocycles. The summed E-state index contributed by atoms with van der Waals surface area (Å²) >= 11 is 0. The van der Waals surface area contributed by atoms with Gasteiger partial charge in [0.15, 0.2) is 5.78 Å². The molecule has 3 N–H and O–H groups in total. The minimum atomic E-state index is -1.29. The van der Waals surface area contributed by atoms with Crippen LogP contribution in [0.15, 0.2) is 60.7 Å². The summed E-state index contributed by atoms with van der Waals surface area (Å²) in [6.07, 6.45) is -1.29. The molecule has 6 nitrogen and oxygen atoms in total. The van der Waals surface area contributed by atoms with Crippen LogP contribution < -0.4 is 10.6 Å². The second kappa shape index (κ2) is 9.68.